The molecule has 0 unspecified atom stereocenters. The molecule has 0 fully saturated rings. The number of nitrogens with one attached hydrogen (secondary N) is 3. The maximum absolute atomic E-state index is 5.28. The summed E-state index contributed by atoms with van der Waals surface area (Å²) in [4.78, 5) is 9.02. The first-order valence-corrected chi connectivity index (χ1v) is 8.00. The first kappa shape index (κ1) is 15.3. The van der Waals surface area contributed by atoms with Gasteiger partial charge in [-0.3, -0.25) is 10.1 Å². The largest absolute Gasteiger partial charge is 0.461 e. The van der Waals surface area contributed by atoms with Crippen LogP contribution < -0.4 is 10.6 Å². The molecule has 3 rings (SSSR count). The lowest BCUT2D eigenvalue weighted by Crippen LogP contribution is -2.42. The summed E-state index contributed by atoms with van der Waals surface area (Å²) in [6, 6.07) is 4.11. The van der Waals surface area contributed by atoms with Gasteiger partial charge >= 0.3 is 0 Å². The van der Waals surface area contributed by atoms with Gasteiger partial charge in [-0.1, -0.05) is 12.2 Å². The van der Waals surface area contributed by atoms with Crippen molar-refractivity contribution in [2.24, 2.45) is 4.99 Å². The lowest BCUT2D eigenvalue weighted by atomic mass is 10.2. The lowest BCUT2D eigenvalue weighted by molar-refractivity contribution is 0.577. The van der Waals surface area contributed by atoms with Gasteiger partial charge < -0.3 is 15.1 Å². The van der Waals surface area contributed by atoms with Crippen molar-refractivity contribution in [3.05, 3.63) is 36.4 Å². The molecule has 122 valence electrons. The molecule has 0 aromatic carbocycles. The SMILES string of the molecule is CCNC(=NCCc1nc(-c2ccco2)n[nH]1)NC1CC=CC1. The number of furan rings is 1. The van der Waals surface area contributed by atoms with Gasteiger partial charge in [0.15, 0.2) is 11.7 Å². The van der Waals surface area contributed by atoms with Gasteiger partial charge in [-0.2, -0.15) is 5.10 Å². The highest BCUT2D eigenvalue weighted by Gasteiger charge is 2.12. The highest BCUT2D eigenvalue weighted by atomic mass is 16.3. The summed E-state index contributed by atoms with van der Waals surface area (Å²) in [6.45, 7) is 3.55. The average molecular weight is 314 g/mol. The zero-order valence-corrected chi connectivity index (χ0v) is 13.2. The summed E-state index contributed by atoms with van der Waals surface area (Å²) in [5, 5.41) is 13.8. The molecule has 0 bridgehead atoms. The monoisotopic (exact) mass is 314 g/mol. The topological polar surface area (TPSA) is 91.1 Å². The Hall–Kier alpha value is -2.57. The second kappa shape index (κ2) is 7.62. The Morgan fingerprint density at radius 3 is 3.04 bits per heavy atom. The Balaban J connectivity index is 1.53. The van der Waals surface area contributed by atoms with Crippen LogP contribution in [0.1, 0.15) is 25.6 Å². The van der Waals surface area contributed by atoms with Crippen molar-refractivity contribution in [1.29, 1.82) is 0 Å². The van der Waals surface area contributed by atoms with E-state index in [1.807, 2.05) is 12.1 Å². The van der Waals surface area contributed by atoms with Crippen LogP contribution in [-0.4, -0.2) is 40.3 Å². The number of nitrogens with zero attached hydrogens (tertiary/aromatic N) is 3. The van der Waals surface area contributed by atoms with Gasteiger partial charge in [-0.15, -0.1) is 0 Å². The van der Waals surface area contributed by atoms with E-state index in [-0.39, 0.29) is 0 Å². The van der Waals surface area contributed by atoms with Crippen LogP contribution in [0.25, 0.3) is 11.6 Å². The fourth-order valence-electron chi connectivity index (χ4n) is 2.45. The molecule has 23 heavy (non-hydrogen) atoms. The lowest BCUT2D eigenvalue weighted by Gasteiger charge is -2.16. The van der Waals surface area contributed by atoms with Crippen LogP contribution in [0, 0.1) is 0 Å². The molecule has 0 radical (unpaired) electrons. The number of aromatic amines is 1. The van der Waals surface area contributed by atoms with Gasteiger partial charge in [0.2, 0.25) is 5.82 Å². The number of aromatic nitrogens is 3. The molecule has 7 heteroatoms. The van der Waals surface area contributed by atoms with E-state index in [0.29, 0.717) is 30.6 Å². The number of hydrogen-bond acceptors (Lipinski definition) is 4. The number of hydrogen-bond donors (Lipinski definition) is 3. The van der Waals surface area contributed by atoms with Crippen molar-refractivity contribution in [2.45, 2.75) is 32.2 Å². The summed E-state index contributed by atoms with van der Waals surface area (Å²) in [7, 11) is 0. The second-order valence-electron chi connectivity index (χ2n) is 5.38. The van der Waals surface area contributed by atoms with E-state index in [4.69, 9.17) is 4.42 Å². The Labute approximate surface area is 135 Å². The molecular formula is C16H22N6O. The van der Waals surface area contributed by atoms with Gasteiger partial charge in [0.25, 0.3) is 0 Å². The van der Waals surface area contributed by atoms with Crippen LogP contribution in [0.15, 0.2) is 40.0 Å². The highest BCUT2D eigenvalue weighted by molar-refractivity contribution is 5.80. The molecule has 1 aliphatic rings. The molecular weight excluding hydrogens is 292 g/mol. The van der Waals surface area contributed by atoms with Gasteiger partial charge in [0, 0.05) is 25.6 Å². The van der Waals surface area contributed by atoms with Crippen molar-refractivity contribution in [3.63, 3.8) is 0 Å². The fourth-order valence-corrected chi connectivity index (χ4v) is 2.45. The maximum Gasteiger partial charge on any atom is 0.216 e. The zero-order valence-electron chi connectivity index (χ0n) is 13.2. The first-order chi connectivity index (χ1) is 11.3. The molecule has 3 N–H and O–H groups in total. The van der Waals surface area contributed by atoms with E-state index in [1.54, 1.807) is 6.26 Å². The van der Waals surface area contributed by atoms with Crippen LogP contribution in [0.5, 0.6) is 0 Å². The molecule has 0 amide bonds. The van der Waals surface area contributed by atoms with E-state index in [0.717, 1.165) is 31.2 Å². The van der Waals surface area contributed by atoms with Gasteiger partial charge in [0.1, 0.15) is 5.82 Å². The zero-order chi connectivity index (χ0) is 15.9. The van der Waals surface area contributed by atoms with Crippen molar-refractivity contribution in [2.75, 3.05) is 13.1 Å². The third kappa shape index (κ3) is 4.21. The maximum atomic E-state index is 5.28. The molecule has 0 atom stereocenters. The van der Waals surface area contributed by atoms with Crippen molar-refractivity contribution < 1.29 is 4.42 Å². The van der Waals surface area contributed by atoms with Crippen molar-refractivity contribution in [1.82, 2.24) is 25.8 Å². The minimum Gasteiger partial charge on any atom is -0.461 e. The molecule has 2 heterocycles. The molecule has 1 aliphatic carbocycles. The molecule has 0 saturated heterocycles. The van der Waals surface area contributed by atoms with E-state index in [9.17, 15) is 0 Å². The molecule has 0 saturated carbocycles. The molecule has 0 aliphatic heterocycles. The van der Waals surface area contributed by atoms with E-state index in [1.165, 1.54) is 0 Å². The molecule has 2 aromatic heterocycles. The quantitative estimate of drug-likeness (QED) is 0.430. The third-order valence-electron chi connectivity index (χ3n) is 3.58. The minimum absolute atomic E-state index is 0.448. The van der Waals surface area contributed by atoms with Crippen molar-refractivity contribution >= 4 is 5.96 Å². The molecule has 7 nitrogen and oxygen atoms in total. The van der Waals surface area contributed by atoms with Crippen LogP contribution in [-0.2, 0) is 6.42 Å². The van der Waals surface area contributed by atoms with Gasteiger partial charge in [0.05, 0.1) is 6.26 Å². The normalized spacial score (nSPS) is 15.3. The third-order valence-corrected chi connectivity index (χ3v) is 3.58. The number of aliphatic imine (C=N–C) groups is 1. The predicted molar refractivity (Wildman–Crippen MR) is 89.1 cm³/mol. The fraction of sp³-hybridized carbons (Fsp3) is 0.438. The highest BCUT2D eigenvalue weighted by Crippen LogP contribution is 2.14. The summed E-state index contributed by atoms with van der Waals surface area (Å²) >= 11 is 0. The number of H-pyrrole nitrogens is 1. The van der Waals surface area contributed by atoms with Crippen LogP contribution >= 0.6 is 0 Å². The van der Waals surface area contributed by atoms with Crippen LogP contribution in [0.4, 0.5) is 0 Å². The van der Waals surface area contributed by atoms with E-state index < -0.39 is 0 Å². The second-order valence-corrected chi connectivity index (χ2v) is 5.38. The summed E-state index contributed by atoms with van der Waals surface area (Å²) in [5.74, 6) is 2.90. The Morgan fingerprint density at radius 1 is 1.43 bits per heavy atom. The number of rotatable bonds is 6. The molecule has 2 aromatic rings. The first-order valence-electron chi connectivity index (χ1n) is 8.00. The summed E-state index contributed by atoms with van der Waals surface area (Å²) < 4.78 is 5.28. The van der Waals surface area contributed by atoms with Crippen LogP contribution in [0.2, 0.25) is 0 Å². The Kier molecular flexibility index (Phi) is 5.08. The van der Waals surface area contributed by atoms with E-state index >= 15 is 0 Å². The summed E-state index contributed by atoms with van der Waals surface area (Å²) in [6.07, 6.45) is 8.82. The standard InChI is InChI=1S/C16H22N6O/c1-2-17-16(19-12-6-3-4-7-12)18-10-9-14-20-15(22-21-14)13-8-5-11-23-13/h3-5,8,11-12H,2,6-7,9-10H2,1H3,(H2,17,18,19)(H,20,21,22). The predicted octanol–water partition coefficient (Wildman–Crippen LogP) is 1.88. The Morgan fingerprint density at radius 2 is 2.30 bits per heavy atom. The van der Waals surface area contributed by atoms with Gasteiger partial charge in [-0.05, 0) is 31.9 Å². The average Bonchev–Trinajstić information content (AvgIpc) is 3.30. The number of guanidine groups is 1. The Bertz CT molecular complexity index is 650. The van der Waals surface area contributed by atoms with Crippen molar-refractivity contribution in [3.8, 4) is 11.6 Å². The smallest absolute Gasteiger partial charge is 0.216 e. The van der Waals surface area contributed by atoms with Crippen LogP contribution in [0.3, 0.4) is 0 Å². The van der Waals surface area contributed by atoms with Gasteiger partial charge in [-0.25, -0.2) is 4.98 Å². The molecule has 0 spiro atoms. The van der Waals surface area contributed by atoms with E-state index in [2.05, 4.69) is 49.9 Å². The minimum atomic E-state index is 0.448. The summed E-state index contributed by atoms with van der Waals surface area (Å²) in [5.41, 5.74) is 0.